The fourth-order valence-electron chi connectivity index (χ4n) is 3.07. The Balaban J connectivity index is 1.69. The molecule has 3 aromatic carbocycles. The minimum Gasteiger partial charge on any atom is -0.468 e. The van der Waals surface area contributed by atoms with Gasteiger partial charge in [0.05, 0.1) is 11.2 Å². The molecule has 0 fully saturated rings. The van der Waals surface area contributed by atoms with Gasteiger partial charge in [-0.05, 0) is 75.4 Å². The molecule has 0 saturated heterocycles. The molecule has 0 spiro atoms. The van der Waals surface area contributed by atoms with Gasteiger partial charge in [0.25, 0.3) is 0 Å². The van der Waals surface area contributed by atoms with Crippen LogP contribution in [0.25, 0.3) is 0 Å². The summed E-state index contributed by atoms with van der Waals surface area (Å²) in [5.74, 6) is 0.311. The third kappa shape index (κ3) is 4.06. The molecule has 28 heavy (non-hydrogen) atoms. The molecule has 0 aliphatic heterocycles. The molecule has 1 heterocycles. The first-order valence-corrected chi connectivity index (χ1v) is 11.9. The van der Waals surface area contributed by atoms with Crippen molar-refractivity contribution >= 4 is 20.7 Å². The summed E-state index contributed by atoms with van der Waals surface area (Å²) in [6.45, 7) is 0. The lowest BCUT2D eigenvalue weighted by Crippen LogP contribution is -2.04. The van der Waals surface area contributed by atoms with Crippen LogP contribution >= 0.6 is 10.9 Å². The van der Waals surface area contributed by atoms with Gasteiger partial charge in [-0.15, -0.1) is 0 Å². The first-order valence-electron chi connectivity index (χ1n) is 8.89. The molecule has 0 unspecified atom stereocenters. The molecule has 3 nitrogen and oxygen atoms in total. The Kier molecular flexibility index (Phi) is 5.37. The van der Waals surface area contributed by atoms with Gasteiger partial charge in [0.2, 0.25) is 0 Å². The monoisotopic (exact) mass is 408 g/mol. The van der Waals surface area contributed by atoms with E-state index in [0.29, 0.717) is 10.7 Å². The smallest absolute Gasteiger partial charge is 0.185 e. The normalized spacial score (nSPS) is 11.9. The van der Waals surface area contributed by atoms with E-state index in [2.05, 4.69) is 24.3 Å². The van der Waals surface area contributed by atoms with E-state index >= 15 is 0 Å². The number of hydrogen-bond donors (Lipinski definition) is 1. The van der Waals surface area contributed by atoms with Gasteiger partial charge in [-0.3, -0.25) is 0 Å². The highest BCUT2D eigenvalue weighted by atomic mass is 32.2. The van der Waals surface area contributed by atoms with Gasteiger partial charge >= 0.3 is 0 Å². The number of rotatable bonds is 6. The Morgan fingerprint density at radius 1 is 0.643 bits per heavy atom. The van der Waals surface area contributed by atoms with Crippen LogP contribution in [0.5, 0.6) is 0 Å². The van der Waals surface area contributed by atoms with Crippen LogP contribution in [0.3, 0.4) is 0 Å². The predicted molar refractivity (Wildman–Crippen MR) is 113 cm³/mol. The van der Waals surface area contributed by atoms with E-state index in [4.69, 9.17) is 4.42 Å². The fourth-order valence-corrected chi connectivity index (χ4v) is 6.61. The van der Waals surface area contributed by atoms with Crippen molar-refractivity contribution in [3.63, 3.8) is 0 Å². The second kappa shape index (κ2) is 8.09. The van der Waals surface area contributed by atoms with Gasteiger partial charge in [0.1, 0.15) is 11.5 Å². The van der Waals surface area contributed by atoms with Crippen LogP contribution in [-0.2, 0) is 15.6 Å². The summed E-state index contributed by atoms with van der Waals surface area (Å²) in [4.78, 5) is 3.89. The molecule has 0 N–H and O–H groups in total. The van der Waals surface area contributed by atoms with E-state index in [1.165, 1.54) is 16.1 Å². The molecule has 1 aromatic heterocycles. The van der Waals surface area contributed by atoms with Gasteiger partial charge in [-0.2, -0.15) is 10.9 Å². The summed E-state index contributed by atoms with van der Waals surface area (Å²) < 4.78 is 30.5. The minimum absolute atomic E-state index is 0.133. The minimum atomic E-state index is -3.44. The van der Waals surface area contributed by atoms with Crippen LogP contribution < -0.4 is 0 Å². The van der Waals surface area contributed by atoms with Crippen molar-refractivity contribution < 1.29 is 12.8 Å². The zero-order valence-corrected chi connectivity index (χ0v) is 16.8. The van der Waals surface area contributed by atoms with Crippen LogP contribution in [-0.4, -0.2) is 8.42 Å². The van der Waals surface area contributed by atoms with E-state index in [1.807, 2.05) is 48.5 Å². The molecule has 5 heteroatoms. The van der Waals surface area contributed by atoms with Crippen molar-refractivity contribution in [2.45, 2.75) is 25.3 Å². The quantitative estimate of drug-likeness (QED) is 0.414. The topological polar surface area (TPSA) is 47.3 Å². The van der Waals surface area contributed by atoms with Crippen molar-refractivity contribution in [2.24, 2.45) is 0 Å². The fraction of sp³-hybridized carbons (Fsp3) is 0.0435. The van der Waals surface area contributed by atoms with Crippen LogP contribution in [0.4, 0.5) is 0 Å². The highest BCUT2D eigenvalue weighted by Crippen LogP contribution is 2.51. The first-order chi connectivity index (χ1) is 13.6. The summed E-state index contributed by atoms with van der Waals surface area (Å²) in [6, 6.07) is 31.3. The van der Waals surface area contributed by atoms with Crippen molar-refractivity contribution in [1.82, 2.24) is 0 Å². The summed E-state index contributed by atoms with van der Waals surface area (Å²) in [5.41, 5.74) is 0. The van der Waals surface area contributed by atoms with Crippen molar-refractivity contribution in [2.75, 3.05) is 0 Å². The van der Waals surface area contributed by atoms with Crippen molar-refractivity contribution in [3.8, 4) is 0 Å². The molecule has 0 aliphatic carbocycles. The molecule has 0 bridgehead atoms. The summed E-state index contributed by atoms with van der Waals surface area (Å²) in [6.07, 6.45) is 1.49. The lowest BCUT2D eigenvalue weighted by molar-refractivity contribution is 0.520. The third-order valence-electron chi connectivity index (χ3n) is 4.40. The van der Waals surface area contributed by atoms with Crippen molar-refractivity contribution in [1.29, 1.82) is 0 Å². The Morgan fingerprint density at radius 3 is 1.68 bits per heavy atom. The Bertz CT molecular complexity index is 1080. The molecule has 0 saturated carbocycles. The number of hydrogen-bond acceptors (Lipinski definition) is 3. The number of thiol groups is 1. The van der Waals surface area contributed by atoms with Gasteiger partial charge < -0.3 is 4.42 Å². The van der Waals surface area contributed by atoms with Crippen LogP contribution in [0, 0.1) is 0 Å². The molecular weight excluding hydrogens is 388 g/mol. The van der Waals surface area contributed by atoms with Gasteiger partial charge in [-0.25, -0.2) is 8.42 Å². The Morgan fingerprint density at radius 2 is 1.18 bits per heavy atom. The Labute approximate surface area is 167 Å². The van der Waals surface area contributed by atoms with E-state index in [9.17, 15) is 8.42 Å². The van der Waals surface area contributed by atoms with E-state index in [0.717, 1.165) is 4.90 Å². The van der Waals surface area contributed by atoms with Gasteiger partial charge in [0, 0.05) is 0 Å². The number of furan rings is 1. The molecule has 4 aromatic rings. The molecular formula is C23H20O3S2. The van der Waals surface area contributed by atoms with Crippen LogP contribution in [0.1, 0.15) is 5.76 Å². The van der Waals surface area contributed by atoms with E-state index < -0.39 is 20.7 Å². The lowest BCUT2D eigenvalue weighted by Gasteiger charge is -2.23. The largest absolute Gasteiger partial charge is 0.468 e. The lowest BCUT2D eigenvalue weighted by atomic mass is 10.4. The third-order valence-corrected chi connectivity index (χ3v) is 8.49. The molecule has 142 valence electrons. The zero-order valence-electron chi connectivity index (χ0n) is 15.1. The average Bonchev–Trinajstić information content (AvgIpc) is 3.23. The van der Waals surface area contributed by atoms with Crippen LogP contribution in [0.2, 0.25) is 0 Å². The first kappa shape index (κ1) is 18.6. The van der Waals surface area contributed by atoms with E-state index in [-0.39, 0.29) is 5.75 Å². The van der Waals surface area contributed by atoms with Gasteiger partial charge in [-0.1, -0.05) is 36.4 Å². The van der Waals surface area contributed by atoms with Crippen LogP contribution in [0.15, 0.2) is 127 Å². The summed E-state index contributed by atoms with van der Waals surface area (Å²) in [7, 11) is -4.19. The average molecular weight is 409 g/mol. The molecule has 0 atom stereocenters. The maximum absolute atomic E-state index is 12.7. The maximum atomic E-state index is 12.7. The van der Waals surface area contributed by atoms with Crippen molar-refractivity contribution in [3.05, 3.63) is 109 Å². The summed E-state index contributed by atoms with van der Waals surface area (Å²) in [5, 5.41) is 0. The second-order valence-electron chi connectivity index (χ2n) is 6.34. The SMILES string of the molecule is O=S(=O)(Cc1ccco1)c1ccc([SH](c2ccccc2)c2ccccc2)cc1. The van der Waals surface area contributed by atoms with E-state index in [1.54, 1.807) is 24.3 Å². The molecule has 4 rings (SSSR count). The van der Waals surface area contributed by atoms with Gasteiger partial charge in [0.15, 0.2) is 9.84 Å². The molecule has 0 amide bonds. The number of sulfone groups is 1. The zero-order chi connectivity index (χ0) is 19.4. The standard InChI is InChI=1S/C23H20O3S2/c24-28(25,18-19-8-7-17-26-19)23-15-13-22(14-16-23)27(20-9-3-1-4-10-20)21-11-5-2-6-12-21/h1-17,27H,18H2. The predicted octanol–water partition coefficient (Wildman–Crippen LogP) is 5.73. The molecule has 0 radical (unpaired) electrons. The second-order valence-corrected chi connectivity index (χ2v) is 10.5. The summed E-state index contributed by atoms with van der Waals surface area (Å²) >= 11 is 0. The highest BCUT2D eigenvalue weighted by molar-refractivity contribution is 8.17. The Hall–Kier alpha value is -2.76. The highest BCUT2D eigenvalue weighted by Gasteiger charge is 2.18. The number of benzene rings is 3. The molecule has 0 aliphatic rings. The maximum Gasteiger partial charge on any atom is 0.185 e.